The molecule has 0 spiro atoms. The van der Waals surface area contributed by atoms with Crippen molar-refractivity contribution in [1.29, 1.82) is 0 Å². The Hall–Kier alpha value is -2.67. The van der Waals surface area contributed by atoms with Gasteiger partial charge in [0.05, 0.1) is 5.56 Å². The van der Waals surface area contributed by atoms with E-state index in [9.17, 15) is 14.4 Å². The number of thiophene rings is 1. The predicted octanol–water partition coefficient (Wildman–Crippen LogP) is 4.32. The lowest BCUT2D eigenvalue weighted by Gasteiger charge is -2.18. The number of carbonyl (C=O) groups excluding carboxylic acids is 2. The fourth-order valence-corrected chi connectivity index (χ4v) is 4.81. The van der Waals surface area contributed by atoms with Crippen molar-refractivity contribution in [2.24, 2.45) is 5.92 Å². The van der Waals surface area contributed by atoms with Crippen LogP contribution in [0.25, 0.3) is 0 Å². The highest BCUT2D eigenvalue weighted by Crippen LogP contribution is 2.40. The molecule has 148 valence electrons. The number of carboxylic acids is 1. The van der Waals surface area contributed by atoms with Crippen molar-refractivity contribution < 1.29 is 19.5 Å². The molecule has 0 bridgehead atoms. The Labute approximate surface area is 168 Å². The third-order valence-electron chi connectivity index (χ3n) is 4.82. The van der Waals surface area contributed by atoms with E-state index in [4.69, 9.17) is 5.11 Å². The van der Waals surface area contributed by atoms with E-state index < -0.39 is 5.97 Å². The van der Waals surface area contributed by atoms with Gasteiger partial charge in [0.2, 0.25) is 5.91 Å². The fraction of sp³-hybridized carbons (Fsp3) is 0.381. The predicted molar refractivity (Wildman–Crippen MR) is 110 cm³/mol. The van der Waals surface area contributed by atoms with E-state index in [1.165, 1.54) is 11.3 Å². The molecule has 3 rings (SSSR count). The maximum atomic E-state index is 13.0. The van der Waals surface area contributed by atoms with Crippen LogP contribution in [0.4, 0.5) is 10.7 Å². The van der Waals surface area contributed by atoms with Gasteiger partial charge >= 0.3 is 5.97 Å². The minimum atomic E-state index is -0.920. The summed E-state index contributed by atoms with van der Waals surface area (Å²) in [6.07, 6.45) is 3.08. The van der Waals surface area contributed by atoms with Gasteiger partial charge in [0.15, 0.2) is 0 Å². The molecule has 28 heavy (non-hydrogen) atoms. The Morgan fingerprint density at radius 1 is 1.14 bits per heavy atom. The Morgan fingerprint density at radius 3 is 2.61 bits per heavy atom. The van der Waals surface area contributed by atoms with Crippen molar-refractivity contribution in [3.63, 3.8) is 0 Å². The Kier molecular flexibility index (Phi) is 6.46. The minimum Gasteiger partial charge on any atom is -0.481 e. The second-order valence-electron chi connectivity index (χ2n) is 7.17. The molecule has 1 aromatic heterocycles. The smallest absolute Gasteiger partial charge is 0.303 e. The van der Waals surface area contributed by atoms with Crippen molar-refractivity contribution in [3.05, 3.63) is 46.3 Å². The van der Waals surface area contributed by atoms with E-state index >= 15 is 0 Å². The van der Waals surface area contributed by atoms with Gasteiger partial charge < -0.3 is 15.7 Å². The SMILES string of the molecule is CC1CCc2c(sc(NC(=O)CCCC(=O)O)c2C(=O)Nc2ccccc2)C1. The van der Waals surface area contributed by atoms with E-state index in [1.807, 2.05) is 30.3 Å². The zero-order valence-electron chi connectivity index (χ0n) is 15.8. The Bertz CT molecular complexity index is 876. The molecule has 1 aromatic carbocycles. The summed E-state index contributed by atoms with van der Waals surface area (Å²) in [5.41, 5.74) is 2.27. The molecule has 1 aliphatic carbocycles. The summed E-state index contributed by atoms with van der Waals surface area (Å²) in [6, 6.07) is 9.23. The summed E-state index contributed by atoms with van der Waals surface area (Å²) in [7, 11) is 0. The number of rotatable bonds is 7. The first kappa shape index (κ1) is 20.1. The van der Waals surface area contributed by atoms with Crippen molar-refractivity contribution in [1.82, 2.24) is 0 Å². The van der Waals surface area contributed by atoms with E-state index in [2.05, 4.69) is 17.6 Å². The first-order chi connectivity index (χ1) is 13.4. The van der Waals surface area contributed by atoms with Crippen LogP contribution in [0.15, 0.2) is 30.3 Å². The molecule has 0 saturated heterocycles. The number of amides is 2. The lowest BCUT2D eigenvalue weighted by molar-refractivity contribution is -0.137. The summed E-state index contributed by atoms with van der Waals surface area (Å²) >= 11 is 1.46. The number of fused-ring (bicyclic) bond motifs is 1. The van der Waals surface area contributed by atoms with Gasteiger partial charge in [-0.2, -0.15) is 0 Å². The molecule has 1 atom stereocenters. The summed E-state index contributed by atoms with van der Waals surface area (Å²) in [5.74, 6) is -0.854. The number of benzene rings is 1. The summed E-state index contributed by atoms with van der Waals surface area (Å²) in [5, 5.41) is 15.1. The van der Waals surface area contributed by atoms with E-state index in [-0.39, 0.29) is 31.1 Å². The van der Waals surface area contributed by atoms with Crippen LogP contribution in [0.2, 0.25) is 0 Å². The van der Waals surface area contributed by atoms with Crippen molar-refractivity contribution in [2.45, 2.75) is 45.4 Å². The molecular formula is C21H24N2O4S. The van der Waals surface area contributed by atoms with Gasteiger partial charge in [0.1, 0.15) is 5.00 Å². The minimum absolute atomic E-state index is 0.0484. The number of hydrogen-bond acceptors (Lipinski definition) is 4. The number of para-hydroxylation sites is 1. The van der Waals surface area contributed by atoms with Crippen LogP contribution < -0.4 is 10.6 Å². The molecule has 6 nitrogen and oxygen atoms in total. The molecule has 0 radical (unpaired) electrons. The molecule has 2 amide bonds. The molecule has 2 aromatic rings. The zero-order valence-corrected chi connectivity index (χ0v) is 16.6. The number of carboxylic acid groups (broad SMARTS) is 1. The number of aliphatic carboxylic acids is 1. The van der Waals surface area contributed by atoms with Crippen LogP contribution in [0.5, 0.6) is 0 Å². The van der Waals surface area contributed by atoms with Gasteiger partial charge in [-0.3, -0.25) is 14.4 Å². The topological polar surface area (TPSA) is 95.5 Å². The van der Waals surface area contributed by atoms with E-state index in [1.54, 1.807) is 0 Å². The first-order valence-corrected chi connectivity index (χ1v) is 10.3. The lowest BCUT2D eigenvalue weighted by Crippen LogP contribution is -2.19. The highest BCUT2D eigenvalue weighted by atomic mass is 32.1. The molecule has 0 aliphatic heterocycles. The van der Waals surface area contributed by atoms with Crippen LogP contribution in [-0.4, -0.2) is 22.9 Å². The maximum absolute atomic E-state index is 13.0. The average molecular weight is 401 g/mol. The Morgan fingerprint density at radius 2 is 1.89 bits per heavy atom. The summed E-state index contributed by atoms with van der Waals surface area (Å²) < 4.78 is 0. The van der Waals surface area contributed by atoms with Crippen LogP contribution in [0, 0.1) is 5.92 Å². The van der Waals surface area contributed by atoms with Crippen LogP contribution in [-0.2, 0) is 22.4 Å². The van der Waals surface area contributed by atoms with E-state index in [0.29, 0.717) is 22.2 Å². The molecule has 1 aliphatic rings. The molecule has 3 N–H and O–H groups in total. The normalized spacial score (nSPS) is 15.5. The van der Waals surface area contributed by atoms with Gasteiger partial charge in [0, 0.05) is 23.4 Å². The zero-order chi connectivity index (χ0) is 20.1. The number of nitrogens with one attached hydrogen (secondary N) is 2. The Balaban J connectivity index is 1.81. The second kappa shape index (κ2) is 9.01. The third kappa shape index (κ3) is 4.98. The van der Waals surface area contributed by atoms with E-state index in [0.717, 1.165) is 29.7 Å². The highest BCUT2D eigenvalue weighted by molar-refractivity contribution is 7.17. The first-order valence-electron chi connectivity index (χ1n) is 9.46. The van der Waals surface area contributed by atoms with Crippen LogP contribution in [0.3, 0.4) is 0 Å². The number of carbonyl (C=O) groups is 3. The van der Waals surface area contributed by atoms with Crippen molar-refractivity contribution >= 4 is 39.8 Å². The quantitative estimate of drug-likeness (QED) is 0.645. The van der Waals surface area contributed by atoms with Gasteiger partial charge in [-0.1, -0.05) is 25.1 Å². The molecule has 0 saturated carbocycles. The maximum Gasteiger partial charge on any atom is 0.303 e. The molecular weight excluding hydrogens is 376 g/mol. The van der Waals surface area contributed by atoms with Crippen LogP contribution in [0.1, 0.15) is 53.4 Å². The average Bonchev–Trinajstić information content (AvgIpc) is 2.98. The fourth-order valence-electron chi connectivity index (χ4n) is 3.38. The van der Waals surface area contributed by atoms with Gasteiger partial charge in [-0.05, 0) is 49.3 Å². The highest BCUT2D eigenvalue weighted by Gasteiger charge is 2.28. The van der Waals surface area contributed by atoms with Crippen molar-refractivity contribution in [2.75, 3.05) is 10.6 Å². The number of anilines is 2. The summed E-state index contributed by atoms with van der Waals surface area (Å²) in [4.78, 5) is 37.1. The molecule has 7 heteroatoms. The molecule has 1 unspecified atom stereocenters. The standard InChI is InChI=1S/C21H24N2O4S/c1-13-10-11-15-16(12-13)28-21(23-17(24)8-5-9-18(25)26)19(15)20(27)22-14-6-3-2-4-7-14/h2-4,6-7,13H,5,8-12H2,1H3,(H,22,27)(H,23,24)(H,25,26). The summed E-state index contributed by atoms with van der Waals surface area (Å²) in [6.45, 7) is 2.19. The van der Waals surface area contributed by atoms with Crippen molar-refractivity contribution in [3.8, 4) is 0 Å². The molecule has 1 heterocycles. The third-order valence-corrected chi connectivity index (χ3v) is 5.99. The van der Waals surface area contributed by atoms with Gasteiger partial charge in [-0.25, -0.2) is 0 Å². The van der Waals surface area contributed by atoms with Crippen LogP contribution >= 0.6 is 11.3 Å². The molecule has 0 fully saturated rings. The largest absolute Gasteiger partial charge is 0.481 e. The monoisotopic (exact) mass is 400 g/mol. The van der Waals surface area contributed by atoms with Gasteiger partial charge in [0.25, 0.3) is 5.91 Å². The lowest BCUT2D eigenvalue weighted by atomic mass is 9.88. The van der Waals surface area contributed by atoms with Gasteiger partial charge in [-0.15, -0.1) is 11.3 Å². The second-order valence-corrected chi connectivity index (χ2v) is 8.28. The number of hydrogen-bond donors (Lipinski definition) is 3.